The third kappa shape index (κ3) is 79.4. The molecule has 0 aromatic rings. The van der Waals surface area contributed by atoms with Gasteiger partial charge in [0.05, 0.1) is 0 Å². The van der Waals surface area contributed by atoms with Crippen LogP contribution in [0.5, 0.6) is 0 Å². The van der Waals surface area contributed by atoms with E-state index in [4.69, 9.17) is 18.6 Å². The molecule has 0 aromatic heterocycles. The molecule has 0 saturated heterocycles. The van der Waals surface area contributed by atoms with E-state index in [2.05, 4.69) is 0 Å². The van der Waals surface area contributed by atoms with Gasteiger partial charge >= 0.3 is 51.4 Å². The minimum atomic E-state index is -4.94. The van der Waals surface area contributed by atoms with Crippen molar-refractivity contribution in [3.8, 4) is 0 Å². The molecule has 3 radical (unpaired) electrons. The van der Waals surface area contributed by atoms with Crippen LogP contribution in [-0.2, 0) is 0 Å². The monoisotopic (exact) mass is 149 g/mol. The summed E-state index contributed by atoms with van der Waals surface area (Å²) in [6.45, 7) is 0. The first kappa shape index (κ1) is 15.9. The Morgan fingerprint density at radius 1 is 0.857 bits per heavy atom. The van der Waals surface area contributed by atoms with Crippen LogP contribution in [0.15, 0.2) is 0 Å². The first-order valence-corrected chi connectivity index (χ1v) is 1.85. The molecule has 35 valence electrons. The molecule has 0 aliphatic rings. The third-order valence-corrected chi connectivity index (χ3v) is 0. The SMILES string of the molecule is [B].[K+].[O-][Cl+3]([O-])([O-])[O-]. The van der Waals surface area contributed by atoms with Gasteiger partial charge in [0.2, 0.25) is 0 Å². The molecule has 0 fully saturated rings. The molecule has 0 aliphatic heterocycles. The van der Waals surface area contributed by atoms with E-state index in [-0.39, 0.29) is 59.8 Å². The molecule has 0 heterocycles. The van der Waals surface area contributed by atoms with Gasteiger partial charge in [-0.3, -0.25) is 0 Å². The summed E-state index contributed by atoms with van der Waals surface area (Å²) in [5.74, 6) is 0. The minimum absolute atomic E-state index is 0. The van der Waals surface area contributed by atoms with Crippen LogP contribution in [0.25, 0.3) is 0 Å². The molecule has 0 bridgehead atoms. The predicted molar refractivity (Wildman–Crippen MR) is 5.75 cm³/mol. The van der Waals surface area contributed by atoms with Crippen molar-refractivity contribution in [3.63, 3.8) is 0 Å². The van der Waals surface area contributed by atoms with Crippen LogP contribution in [0, 0.1) is 10.2 Å². The van der Waals surface area contributed by atoms with E-state index in [1.807, 2.05) is 0 Å². The first-order valence-electron chi connectivity index (χ1n) is 0.617. The number of hydrogen-bond acceptors (Lipinski definition) is 4. The van der Waals surface area contributed by atoms with E-state index < -0.39 is 10.2 Å². The Morgan fingerprint density at radius 3 is 0.857 bits per heavy atom. The Kier molecular flexibility index (Phi) is 13.6. The van der Waals surface area contributed by atoms with Gasteiger partial charge in [0.1, 0.15) is 0 Å². The molecule has 0 amide bonds. The minimum Gasteiger partial charge on any atom is -0.222 e. The Labute approximate surface area is 87.3 Å². The van der Waals surface area contributed by atoms with E-state index >= 15 is 0 Å². The van der Waals surface area contributed by atoms with Gasteiger partial charge in [-0.2, -0.15) is 0 Å². The van der Waals surface area contributed by atoms with Gasteiger partial charge in [0, 0.05) is 8.41 Å². The molecule has 0 atom stereocenters. The number of hydrogen-bond donors (Lipinski definition) is 0. The fraction of sp³-hybridized carbons (Fsp3) is 0. The summed E-state index contributed by atoms with van der Waals surface area (Å²) in [6, 6.07) is 0. The largest absolute Gasteiger partial charge is 1.00 e. The van der Waals surface area contributed by atoms with Gasteiger partial charge in [-0.25, -0.2) is 18.6 Å². The second kappa shape index (κ2) is 5.96. The maximum absolute atomic E-state index is 8.49. The molecule has 0 aromatic carbocycles. The molecule has 7 heteroatoms. The normalized spacial score (nSPS) is 8.57. The molecule has 0 N–H and O–H groups in total. The van der Waals surface area contributed by atoms with Crippen molar-refractivity contribution >= 4 is 8.41 Å². The van der Waals surface area contributed by atoms with Crippen LogP contribution in [-0.4, -0.2) is 8.41 Å². The van der Waals surface area contributed by atoms with Crippen LogP contribution in [0.4, 0.5) is 0 Å². The summed E-state index contributed by atoms with van der Waals surface area (Å²) in [5.41, 5.74) is 0. The predicted octanol–water partition coefficient (Wildman–Crippen LogP) is -8.13. The standard InChI is InChI=1S/B.ClHO4.K/c;2-1(3,4)5;/h;(H,2,3,4,5);/q;;+1/p-1. The molecule has 0 rings (SSSR count). The summed E-state index contributed by atoms with van der Waals surface area (Å²) >= 11 is 0. The van der Waals surface area contributed by atoms with E-state index in [1.165, 1.54) is 0 Å². The smallest absolute Gasteiger partial charge is 0.222 e. The Hall–Kier alpha value is 1.83. The maximum atomic E-state index is 8.49. The Morgan fingerprint density at radius 2 is 0.857 bits per heavy atom. The van der Waals surface area contributed by atoms with Crippen molar-refractivity contribution in [2.24, 2.45) is 0 Å². The molecular weight excluding hydrogens is 149 g/mol. The molecule has 0 unspecified atom stereocenters. The fourth-order valence-electron chi connectivity index (χ4n) is 0. The van der Waals surface area contributed by atoms with Crippen molar-refractivity contribution in [2.45, 2.75) is 0 Å². The molecule has 0 aliphatic carbocycles. The van der Waals surface area contributed by atoms with E-state index in [9.17, 15) is 0 Å². The van der Waals surface area contributed by atoms with E-state index in [0.717, 1.165) is 0 Å². The summed E-state index contributed by atoms with van der Waals surface area (Å²) < 4.78 is 34.0. The maximum Gasteiger partial charge on any atom is 1.00 e. The van der Waals surface area contributed by atoms with Gasteiger partial charge in [-0.15, -0.1) is 10.2 Å². The zero-order valence-corrected chi connectivity index (χ0v) is 7.47. The van der Waals surface area contributed by atoms with Crippen LogP contribution < -0.4 is 70.0 Å². The van der Waals surface area contributed by atoms with E-state index in [1.54, 1.807) is 0 Å². The Bertz CT molecular complexity index is 27.2. The van der Waals surface area contributed by atoms with Crippen molar-refractivity contribution in [1.82, 2.24) is 0 Å². The molecule has 7 heavy (non-hydrogen) atoms. The number of halogens is 1. The topological polar surface area (TPSA) is 92.2 Å². The van der Waals surface area contributed by atoms with Crippen LogP contribution in [0.2, 0.25) is 0 Å². The van der Waals surface area contributed by atoms with Crippen LogP contribution in [0.3, 0.4) is 0 Å². The van der Waals surface area contributed by atoms with Gasteiger partial charge in [-0.1, -0.05) is 0 Å². The summed E-state index contributed by atoms with van der Waals surface area (Å²) in [6.07, 6.45) is 0. The third-order valence-electron chi connectivity index (χ3n) is 0. The van der Waals surface area contributed by atoms with Crippen LogP contribution >= 0.6 is 0 Å². The van der Waals surface area contributed by atoms with Crippen LogP contribution in [0.1, 0.15) is 0 Å². The Balaban J connectivity index is -0.0000000800. The zero-order chi connectivity index (χ0) is 4.50. The quantitative estimate of drug-likeness (QED) is 0.320. The first-order chi connectivity index (χ1) is 2.00. The second-order valence-corrected chi connectivity index (χ2v) is 1.13. The number of rotatable bonds is 0. The van der Waals surface area contributed by atoms with Crippen molar-refractivity contribution in [3.05, 3.63) is 0 Å². The molecular formula is BClKO4. The molecule has 0 saturated carbocycles. The fourth-order valence-corrected chi connectivity index (χ4v) is 0. The second-order valence-electron chi connectivity index (χ2n) is 0.378. The van der Waals surface area contributed by atoms with Gasteiger partial charge in [-0.05, 0) is 0 Å². The van der Waals surface area contributed by atoms with Crippen molar-refractivity contribution in [1.29, 1.82) is 0 Å². The summed E-state index contributed by atoms with van der Waals surface area (Å²) in [7, 11) is -4.94. The summed E-state index contributed by atoms with van der Waals surface area (Å²) in [5, 5.41) is 0. The zero-order valence-electron chi connectivity index (χ0n) is 3.59. The average molecular weight is 149 g/mol. The van der Waals surface area contributed by atoms with Gasteiger partial charge in [0.15, 0.2) is 0 Å². The van der Waals surface area contributed by atoms with Crippen molar-refractivity contribution < 1.29 is 80.3 Å². The molecule has 4 nitrogen and oxygen atoms in total. The summed E-state index contributed by atoms with van der Waals surface area (Å²) in [4.78, 5) is 0. The van der Waals surface area contributed by atoms with Gasteiger partial charge < -0.3 is 0 Å². The average Bonchev–Trinajstić information content (AvgIpc) is 0.722. The van der Waals surface area contributed by atoms with Gasteiger partial charge in [0.25, 0.3) is 0 Å². The van der Waals surface area contributed by atoms with E-state index in [0.29, 0.717) is 0 Å². The van der Waals surface area contributed by atoms with Crippen molar-refractivity contribution in [2.75, 3.05) is 0 Å². The molecule has 0 spiro atoms.